The molecule has 1 aliphatic carbocycles. The van der Waals surface area contributed by atoms with Gasteiger partial charge in [0.05, 0.1) is 17.2 Å². The van der Waals surface area contributed by atoms with Gasteiger partial charge in [0, 0.05) is 29.4 Å². The second-order valence-corrected chi connectivity index (χ2v) is 7.40. The third-order valence-corrected chi connectivity index (χ3v) is 4.90. The summed E-state index contributed by atoms with van der Waals surface area (Å²) in [6, 6.07) is 7.37. The largest absolute Gasteiger partial charge is 0.339 e. The van der Waals surface area contributed by atoms with Gasteiger partial charge >= 0.3 is 0 Å². The number of imide groups is 1. The Labute approximate surface area is 157 Å². The standard InChI is InChI=1S/C19H23N5O3/c1-10(2)24-27-13-5-3-11(7-13)16-9-17(23-22-16)20-12-4-6-14-15(8-12)19(26)21-18(14)25/h4,6,8-11,13,24H,3,5,7H2,1-2H3,(H2,20,22,23)(H,21,25,26)/t11-,13+/m0/s1. The van der Waals surface area contributed by atoms with Crippen LogP contribution in [0, 0.1) is 0 Å². The zero-order chi connectivity index (χ0) is 19.0. The number of rotatable bonds is 6. The summed E-state index contributed by atoms with van der Waals surface area (Å²) >= 11 is 0. The van der Waals surface area contributed by atoms with Gasteiger partial charge in [-0.2, -0.15) is 10.6 Å². The van der Waals surface area contributed by atoms with Crippen LogP contribution >= 0.6 is 0 Å². The summed E-state index contributed by atoms with van der Waals surface area (Å²) in [5.74, 6) is 0.344. The highest BCUT2D eigenvalue weighted by molar-refractivity contribution is 6.21. The summed E-state index contributed by atoms with van der Waals surface area (Å²) < 4.78 is 0. The molecule has 8 heteroatoms. The minimum atomic E-state index is -0.367. The SMILES string of the molecule is CC(C)NO[C@@H]1CC[C@H](c2cc(Nc3ccc4c(c3)C(=O)NC4=O)n[nH]2)C1. The molecule has 142 valence electrons. The van der Waals surface area contributed by atoms with Crippen molar-refractivity contribution in [1.29, 1.82) is 0 Å². The molecule has 8 nitrogen and oxygen atoms in total. The predicted octanol–water partition coefficient (Wildman–Crippen LogP) is 2.60. The number of hydrogen-bond acceptors (Lipinski definition) is 6. The lowest BCUT2D eigenvalue weighted by Crippen LogP contribution is -2.28. The van der Waals surface area contributed by atoms with Gasteiger partial charge in [-0.05, 0) is 51.3 Å². The molecule has 0 bridgehead atoms. The molecule has 27 heavy (non-hydrogen) atoms. The van der Waals surface area contributed by atoms with Gasteiger partial charge in [-0.3, -0.25) is 24.8 Å². The summed E-state index contributed by atoms with van der Waals surface area (Å²) in [5.41, 5.74) is 5.60. The Hall–Kier alpha value is -2.71. The first-order chi connectivity index (χ1) is 13.0. The van der Waals surface area contributed by atoms with Crippen molar-refractivity contribution in [1.82, 2.24) is 21.0 Å². The number of aromatic amines is 1. The molecule has 2 amide bonds. The van der Waals surface area contributed by atoms with Crippen molar-refractivity contribution in [3.8, 4) is 0 Å². The minimum Gasteiger partial charge on any atom is -0.339 e. The Morgan fingerprint density at radius 3 is 2.78 bits per heavy atom. The fraction of sp³-hybridized carbons (Fsp3) is 0.421. The molecule has 0 saturated heterocycles. The lowest BCUT2D eigenvalue weighted by Gasteiger charge is -2.14. The summed E-state index contributed by atoms with van der Waals surface area (Å²) in [4.78, 5) is 29.1. The summed E-state index contributed by atoms with van der Waals surface area (Å²) in [5, 5.41) is 12.9. The lowest BCUT2D eigenvalue weighted by atomic mass is 10.0. The van der Waals surface area contributed by atoms with E-state index in [4.69, 9.17) is 4.84 Å². The number of aromatic nitrogens is 2. The summed E-state index contributed by atoms with van der Waals surface area (Å²) in [6.07, 6.45) is 3.22. The molecule has 4 N–H and O–H groups in total. The van der Waals surface area contributed by atoms with Crippen molar-refractivity contribution in [2.45, 2.75) is 51.2 Å². The van der Waals surface area contributed by atoms with E-state index in [9.17, 15) is 9.59 Å². The van der Waals surface area contributed by atoms with E-state index in [0.29, 0.717) is 34.6 Å². The number of hydrogen-bond donors (Lipinski definition) is 4. The molecule has 1 aromatic heterocycles. The van der Waals surface area contributed by atoms with Crippen molar-refractivity contribution in [2.24, 2.45) is 0 Å². The van der Waals surface area contributed by atoms with Crippen LogP contribution in [0.4, 0.5) is 11.5 Å². The molecule has 1 aliphatic heterocycles. The Morgan fingerprint density at radius 1 is 1.15 bits per heavy atom. The molecule has 2 aromatic rings. The van der Waals surface area contributed by atoms with E-state index in [1.54, 1.807) is 18.2 Å². The van der Waals surface area contributed by atoms with Gasteiger partial charge in [-0.1, -0.05) is 0 Å². The average Bonchev–Trinajstić information content (AvgIpc) is 3.34. The topological polar surface area (TPSA) is 108 Å². The van der Waals surface area contributed by atoms with Crippen LogP contribution < -0.4 is 16.1 Å². The smallest absolute Gasteiger partial charge is 0.259 e. The monoisotopic (exact) mass is 369 g/mol. The van der Waals surface area contributed by atoms with E-state index in [1.165, 1.54) is 0 Å². The number of nitrogens with zero attached hydrogens (tertiary/aromatic N) is 1. The number of amides is 2. The van der Waals surface area contributed by atoms with E-state index < -0.39 is 0 Å². The molecule has 4 rings (SSSR count). The minimum absolute atomic E-state index is 0.213. The van der Waals surface area contributed by atoms with E-state index >= 15 is 0 Å². The molecule has 2 atom stereocenters. The van der Waals surface area contributed by atoms with Crippen LogP contribution in [0.1, 0.15) is 65.4 Å². The second-order valence-electron chi connectivity index (χ2n) is 7.40. The molecule has 0 unspecified atom stereocenters. The third-order valence-electron chi connectivity index (χ3n) is 4.90. The molecule has 2 aliphatic rings. The van der Waals surface area contributed by atoms with E-state index in [-0.39, 0.29) is 17.9 Å². The maximum Gasteiger partial charge on any atom is 0.259 e. The number of carbonyl (C=O) groups is 2. The number of benzene rings is 1. The van der Waals surface area contributed by atoms with Crippen molar-refractivity contribution in [2.75, 3.05) is 5.32 Å². The first-order valence-electron chi connectivity index (χ1n) is 9.23. The number of H-pyrrole nitrogens is 1. The number of nitrogens with one attached hydrogen (secondary N) is 4. The van der Waals surface area contributed by atoms with Crippen LogP contribution in [0.15, 0.2) is 24.3 Å². The highest BCUT2D eigenvalue weighted by Gasteiger charge is 2.29. The first-order valence-corrected chi connectivity index (χ1v) is 9.23. The van der Waals surface area contributed by atoms with Crippen LogP contribution in [0.2, 0.25) is 0 Å². The molecule has 1 fully saturated rings. The van der Waals surface area contributed by atoms with Gasteiger partial charge in [-0.15, -0.1) is 0 Å². The lowest BCUT2D eigenvalue weighted by molar-refractivity contribution is -0.0347. The molecule has 0 spiro atoms. The zero-order valence-electron chi connectivity index (χ0n) is 15.3. The maximum atomic E-state index is 11.8. The van der Waals surface area contributed by atoms with Gasteiger partial charge in [-0.25, -0.2) is 0 Å². The number of carbonyl (C=O) groups excluding carboxylic acids is 2. The van der Waals surface area contributed by atoms with E-state index in [2.05, 4.69) is 40.2 Å². The van der Waals surface area contributed by atoms with Gasteiger partial charge in [0.1, 0.15) is 0 Å². The van der Waals surface area contributed by atoms with Gasteiger partial charge in [0.25, 0.3) is 11.8 Å². The summed E-state index contributed by atoms with van der Waals surface area (Å²) in [7, 11) is 0. The average molecular weight is 369 g/mol. The molecular weight excluding hydrogens is 346 g/mol. The van der Waals surface area contributed by atoms with Gasteiger partial charge in [0.15, 0.2) is 5.82 Å². The van der Waals surface area contributed by atoms with Crippen molar-refractivity contribution >= 4 is 23.3 Å². The second kappa shape index (κ2) is 7.13. The fourth-order valence-corrected chi connectivity index (χ4v) is 3.57. The van der Waals surface area contributed by atoms with E-state index in [1.807, 2.05) is 6.07 Å². The number of fused-ring (bicyclic) bond motifs is 1. The van der Waals surface area contributed by atoms with Crippen LogP contribution in [-0.2, 0) is 4.84 Å². The highest BCUT2D eigenvalue weighted by atomic mass is 16.7. The normalized spacial score (nSPS) is 21.6. The van der Waals surface area contributed by atoms with Crippen molar-refractivity contribution in [3.05, 3.63) is 41.1 Å². The zero-order valence-corrected chi connectivity index (χ0v) is 15.3. The Bertz CT molecular complexity index is 876. The predicted molar refractivity (Wildman–Crippen MR) is 99.8 cm³/mol. The number of hydroxylamine groups is 1. The van der Waals surface area contributed by atoms with E-state index in [0.717, 1.165) is 25.0 Å². The molecule has 2 heterocycles. The van der Waals surface area contributed by atoms with Gasteiger partial charge < -0.3 is 5.32 Å². The molecular formula is C19H23N5O3. The Balaban J connectivity index is 1.40. The highest BCUT2D eigenvalue weighted by Crippen LogP contribution is 2.35. The van der Waals surface area contributed by atoms with Crippen LogP contribution in [0.25, 0.3) is 0 Å². The third kappa shape index (κ3) is 3.72. The van der Waals surface area contributed by atoms with Crippen molar-refractivity contribution < 1.29 is 14.4 Å². The molecule has 1 aromatic carbocycles. The maximum absolute atomic E-state index is 11.8. The van der Waals surface area contributed by atoms with Crippen molar-refractivity contribution in [3.63, 3.8) is 0 Å². The Morgan fingerprint density at radius 2 is 1.96 bits per heavy atom. The Kier molecular flexibility index (Phi) is 4.67. The molecule has 0 radical (unpaired) electrons. The van der Waals surface area contributed by atoms with Crippen LogP contribution in [0.3, 0.4) is 0 Å². The quantitative estimate of drug-likeness (QED) is 0.460. The fourth-order valence-electron chi connectivity index (χ4n) is 3.57. The molecule has 1 saturated carbocycles. The number of anilines is 2. The van der Waals surface area contributed by atoms with Crippen LogP contribution in [0.5, 0.6) is 0 Å². The van der Waals surface area contributed by atoms with Crippen LogP contribution in [-0.4, -0.2) is 34.2 Å². The summed E-state index contributed by atoms with van der Waals surface area (Å²) in [6.45, 7) is 4.11. The van der Waals surface area contributed by atoms with Gasteiger partial charge in [0.2, 0.25) is 0 Å². The first kappa shape index (κ1) is 17.7.